The summed E-state index contributed by atoms with van der Waals surface area (Å²) in [5.74, 6) is -0.180. The summed E-state index contributed by atoms with van der Waals surface area (Å²) in [4.78, 5) is 34.9. The molecule has 0 amide bonds. The van der Waals surface area contributed by atoms with E-state index in [2.05, 4.69) is 6.58 Å². The molecule has 0 unspecified atom stereocenters. The first kappa shape index (κ1) is 26.0. The number of esters is 2. The number of nitrogens with zero attached hydrogens (tertiary/aromatic N) is 1. The number of nitro groups is 1. The van der Waals surface area contributed by atoms with E-state index in [1.807, 2.05) is 0 Å². The highest BCUT2D eigenvalue weighted by Crippen LogP contribution is 2.33. The molecule has 0 heterocycles. The van der Waals surface area contributed by atoms with Gasteiger partial charge in [0.05, 0.1) is 30.8 Å². The molecular formula is C27H25NO8. The van der Waals surface area contributed by atoms with Crippen LogP contribution in [-0.2, 0) is 9.53 Å². The van der Waals surface area contributed by atoms with E-state index in [0.717, 1.165) is 5.56 Å². The molecular weight excluding hydrogens is 466 g/mol. The Morgan fingerprint density at radius 3 is 2.17 bits per heavy atom. The van der Waals surface area contributed by atoms with E-state index in [0.29, 0.717) is 35.7 Å². The molecule has 0 aliphatic rings. The van der Waals surface area contributed by atoms with E-state index >= 15 is 0 Å². The zero-order valence-electron chi connectivity index (χ0n) is 19.9. The van der Waals surface area contributed by atoms with Gasteiger partial charge in [0.1, 0.15) is 11.5 Å². The van der Waals surface area contributed by atoms with Gasteiger partial charge in [-0.1, -0.05) is 24.8 Å². The summed E-state index contributed by atoms with van der Waals surface area (Å²) < 4.78 is 21.0. The fourth-order valence-corrected chi connectivity index (χ4v) is 3.09. The van der Waals surface area contributed by atoms with Crippen LogP contribution in [0.3, 0.4) is 0 Å². The molecule has 0 fully saturated rings. The molecule has 0 aromatic heterocycles. The van der Waals surface area contributed by atoms with Gasteiger partial charge >= 0.3 is 17.6 Å². The van der Waals surface area contributed by atoms with Gasteiger partial charge in [-0.15, -0.1) is 0 Å². The quantitative estimate of drug-likeness (QED) is 0.0877. The van der Waals surface area contributed by atoms with E-state index in [4.69, 9.17) is 18.9 Å². The van der Waals surface area contributed by atoms with Crippen molar-refractivity contribution >= 4 is 17.6 Å². The lowest BCUT2D eigenvalue weighted by molar-refractivity contribution is -0.385. The molecule has 0 N–H and O–H groups in total. The first-order valence-corrected chi connectivity index (χ1v) is 11.0. The SMILES string of the molecule is C=C(C)C(=O)OCCCOc1ccc(C(=O)Oc2ccc(-c3ccc(OC)cc3)cc2[N+](=O)[O-])cc1. The fourth-order valence-electron chi connectivity index (χ4n) is 3.09. The molecule has 0 spiro atoms. The first-order chi connectivity index (χ1) is 17.3. The summed E-state index contributed by atoms with van der Waals surface area (Å²) in [7, 11) is 1.55. The van der Waals surface area contributed by atoms with Crippen molar-refractivity contribution in [2.75, 3.05) is 20.3 Å². The highest BCUT2D eigenvalue weighted by molar-refractivity contribution is 5.92. The van der Waals surface area contributed by atoms with Crippen LogP contribution in [0.25, 0.3) is 11.1 Å². The number of methoxy groups -OCH3 is 1. The molecule has 0 radical (unpaired) electrons. The minimum atomic E-state index is -0.742. The smallest absolute Gasteiger partial charge is 0.343 e. The van der Waals surface area contributed by atoms with Crippen LogP contribution < -0.4 is 14.2 Å². The zero-order chi connectivity index (χ0) is 26.1. The number of hydrogen-bond acceptors (Lipinski definition) is 8. The normalized spacial score (nSPS) is 10.3. The fraction of sp³-hybridized carbons (Fsp3) is 0.185. The lowest BCUT2D eigenvalue weighted by Gasteiger charge is -2.09. The van der Waals surface area contributed by atoms with Gasteiger partial charge < -0.3 is 18.9 Å². The first-order valence-electron chi connectivity index (χ1n) is 11.0. The highest BCUT2D eigenvalue weighted by atomic mass is 16.6. The van der Waals surface area contributed by atoms with Crippen molar-refractivity contribution in [2.45, 2.75) is 13.3 Å². The Morgan fingerprint density at radius 1 is 0.917 bits per heavy atom. The van der Waals surface area contributed by atoms with Crippen molar-refractivity contribution < 1.29 is 33.5 Å². The molecule has 3 rings (SSSR count). The molecule has 0 saturated carbocycles. The second-order valence-electron chi connectivity index (χ2n) is 7.70. The van der Waals surface area contributed by atoms with Gasteiger partial charge in [-0.25, -0.2) is 9.59 Å². The topological polar surface area (TPSA) is 114 Å². The van der Waals surface area contributed by atoms with Gasteiger partial charge in [-0.2, -0.15) is 0 Å². The number of nitro benzene ring substituents is 1. The third kappa shape index (κ3) is 6.92. The summed E-state index contributed by atoms with van der Waals surface area (Å²) >= 11 is 0. The summed E-state index contributed by atoms with van der Waals surface area (Å²) in [6.07, 6.45) is 0.485. The van der Waals surface area contributed by atoms with Crippen molar-refractivity contribution in [1.82, 2.24) is 0 Å². The van der Waals surface area contributed by atoms with Crippen molar-refractivity contribution in [3.05, 3.63) is 94.6 Å². The average Bonchev–Trinajstić information content (AvgIpc) is 2.88. The second-order valence-corrected chi connectivity index (χ2v) is 7.70. The largest absolute Gasteiger partial charge is 0.497 e. The number of carbonyl (C=O) groups excluding carboxylic acids is 2. The summed E-state index contributed by atoms with van der Waals surface area (Å²) in [5.41, 5.74) is 1.55. The summed E-state index contributed by atoms with van der Waals surface area (Å²) in [6, 6.07) is 17.6. The predicted octanol–water partition coefficient (Wildman–Crippen LogP) is 5.38. The molecule has 0 aliphatic heterocycles. The van der Waals surface area contributed by atoms with Crippen LogP contribution in [-0.4, -0.2) is 37.2 Å². The van der Waals surface area contributed by atoms with Crippen molar-refractivity contribution in [2.24, 2.45) is 0 Å². The minimum absolute atomic E-state index is 0.160. The monoisotopic (exact) mass is 491 g/mol. The van der Waals surface area contributed by atoms with Crippen molar-refractivity contribution in [3.8, 4) is 28.4 Å². The summed E-state index contributed by atoms with van der Waals surface area (Å²) in [6.45, 7) is 5.58. The number of carbonyl (C=O) groups is 2. The maximum absolute atomic E-state index is 12.6. The van der Waals surface area contributed by atoms with Crippen LogP contribution in [0, 0.1) is 10.1 Å². The Balaban J connectivity index is 1.61. The Morgan fingerprint density at radius 2 is 1.56 bits per heavy atom. The lowest BCUT2D eigenvalue weighted by Crippen LogP contribution is -2.10. The van der Waals surface area contributed by atoms with E-state index < -0.39 is 16.9 Å². The van der Waals surface area contributed by atoms with Gasteiger partial charge in [0.15, 0.2) is 0 Å². The van der Waals surface area contributed by atoms with Crippen LogP contribution >= 0.6 is 0 Å². The summed E-state index contributed by atoms with van der Waals surface area (Å²) in [5, 5.41) is 11.6. The maximum Gasteiger partial charge on any atom is 0.343 e. The molecule has 0 saturated heterocycles. The standard InChI is InChI=1S/C27H25NO8/c1-18(2)26(29)35-16-4-15-34-23-12-7-20(8-13-23)27(30)36-25-14-9-21(17-24(25)28(31)32)19-5-10-22(33-3)11-6-19/h5-14,17H,1,4,15-16H2,2-3H3. The minimum Gasteiger partial charge on any atom is -0.497 e. The van der Waals surface area contributed by atoms with Crippen LogP contribution in [0.5, 0.6) is 17.2 Å². The molecule has 3 aromatic carbocycles. The second kappa shape index (κ2) is 12.2. The van der Waals surface area contributed by atoms with E-state index in [-0.39, 0.29) is 23.6 Å². The Kier molecular flexibility index (Phi) is 8.77. The van der Waals surface area contributed by atoms with Crippen LogP contribution in [0.2, 0.25) is 0 Å². The highest BCUT2D eigenvalue weighted by Gasteiger charge is 2.20. The van der Waals surface area contributed by atoms with Crippen LogP contribution in [0.15, 0.2) is 78.9 Å². The van der Waals surface area contributed by atoms with E-state index in [1.54, 1.807) is 56.5 Å². The van der Waals surface area contributed by atoms with Gasteiger partial charge in [-0.3, -0.25) is 10.1 Å². The third-order valence-corrected chi connectivity index (χ3v) is 5.01. The Labute approximate surface area is 208 Å². The zero-order valence-corrected chi connectivity index (χ0v) is 19.9. The molecule has 0 aliphatic carbocycles. The predicted molar refractivity (Wildman–Crippen MR) is 132 cm³/mol. The average molecular weight is 491 g/mol. The number of ether oxygens (including phenoxy) is 4. The number of rotatable bonds is 11. The van der Waals surface area contributed by atoms with Crippen LogP contribution in [0.1, 0.15) is 23.7 Å². The van der Waals surface area contributed by atoms with Gasteiger partial charge in [0.2, 0.25) is 5.75 Å². The van der Waals surface area contributed by atoms with Gasteiger partial charge in [0.25, 0.3) is 0 Å². The van der Waals surface area contributed by atoms with E-state index in [9.17, 15) is 19.7 Å². The van der Waals surface area contributed by atoms with Gasteiger partial charge in [-0.05, 0) is 60.5 Å². The Hall–Kier alpha value is -4.66. The van der Waals surface area contributed by atoms with Crippen LogP contribution in [0.4, 0.5) is 5.69 Å². The third-order valence-electron chi connectivity index (χ3n) is 5.01. The number of benzene rings is 3. The molecule has 9 heteroatoms. The molecule has 3 aromatic rings. The number of hydrogen-bond donors (Lipinski definition) is 0. The molecule has 186 valence electrons. The van der Waals surface area contributed by atoms with Crippen molar-refractivity contribution in [3.63, 3.8) is 0 Å². The molecule has 36 heavy (non-hydrogen) atoms. The van der Waals surface area contributed by atoms with Crippen molar-refractivity contribution in [1.29, 1.82) is 0 Å². The maximum atomic E-state index is 12.6. The molecule has 9 nitrogen and oxygen atoms in total. The Bertz CT molecular complexity index is 1250. The molecule has 0 atom stereocenters. The molecule has 0 bridgehead atoms. The van der Waals surface area contributed by atoms with Gasteiger partial charge in [0, 0.05) is 18.1 Å². The van der Waals surface area contributed by atoms with E-state index in [1.165, 1.54) is 24.3 Å². The lowest BCUT2D eigenvalue weighted by atomic mass is 10.0.